The number of aliphatic hydroxyl groups excluding tert-OH is 1. The highest BCUT2D eigenvalue weighted by Gasteiger charge is 2.17. The first-order valence-corrected chi connectivity index (χ1v) is 10.1. The van der Waals surface area contributed by atoms with E-state index in [1.165, 1.54) is 25.9 Å². The maximum absolute atomic E-state index is 13.8. The molecule has 1 N–H and O–H groups in total. The first kappa shape index (κ1) is 20.7. The number of pyridine rings is 1. The maximum Gasteiger partial charge on any atom is 0.350 e. The average molecular weight is 422 g/mol. The lowest BCUT2D eigenvalue weighted by atomic mass is 9.98. The molecule has 8 heteroatoms. The lowest BCUT2D eigenvalue weighted by molar-refractivity contribution is 0.264. The molecule has 7 nitrogen and oxygen atoms in total. The van der Waals surface area contributed by atoms with Crippen molar-refractivity contribution in [1.29, 1.82) is 0 Å². The summed E-state index contributed by atoms with van der Waals surface area (Å²) in [4.78, 5) is 25.9. The van der Waals surface area contributed by atoms with Gasteiger partial charge in [0.05, 0.1) is 11.4 Å². The van der Waals surface area contributed by atoms with Crippen LogP contribution in [0.1, 0.15) is 38.1 Å². The molecule has 4 aromatic rings. The van der Waals surface area contributed by atoms with Crippen LogP contribution in [0.25, 0.3) is 22.1 Å². The quantitative estimate of drug-likeness (QED) is 0.536. The minimum absolute atomic E-state index is 0.0658. The van der Waals surface area contributed by atoms with Gasteiger partial charge in [0, 0.05) is 18.1 Å². The molecule has 0 bridgehead atoms. The molecule has 0 saturated carbocycles. The van der Waals surface area contributed by atoms with Crippen molar-refractivity contribution in [2.24, 2.45) is 0 Å². The average Bonchev–Trinajstić information content (AvgIpc) is 3.08. The summed E-state index contributed by atoms with van der Waals surface area (Å²) in [6.45, 7) is 5.85. The van der Waals surface area contributed by atoms with Gasteiger partial charge in [0.25, 0.3) is 5.56 Å². The number of rotatable bonds is 5. The Morgan fingerprint density at radius 1 is 1.06 bits per heavy atom. The fourth-order valence-corrected chi connectivity index (χ4v) is 3.80. The third kappa shape index (κ3) is 3.48. The van der Waals surface area contributed by atoms with E-state index < -0.39 is 5.82 Å². The summed E-state index contributed by atoms with van der Waals surface area (Å²) in [5, 5.41) is 14.9. The summed E-state index contributed by atoms with van der Waals surface area (Å²) < 4.78 is 17.8. The van der Waals surface area contributed by atoms with E-state index >= 15 is 0 Å². The fourth-order valence-electron chi connectivity index (χ4n) is 3.80. The van der Waals surface area contributed by atoms with E-state index in [0.717, 1.165) is 5.56 Å². The molecule has 0 radical (unpaired) electrons. The second-order valence-electron chi connectivity index (χ2n) is 7.64. The van der Waals surface area contributed by atoms with E-state index in [9.17, 15) is 19.1 Å². The van der Waals surface area contributed by atoms with Gasteiger partial charge in [-0.3, -0.25) is 13.9 Å². The minimum Gasteiger partial charge on any atom is -0.388 e. The van der Waals surface area contributed by atoms with Gasteiger partial charge in [0.2, 0.25) is 0 Å². The van der Waals surface area contributed by atoms with Crippen LogP contribution in [0, 0.1) is 5.82 Å². The Kier molecular flexibility index (Phi) is 5.32. The zero-order chi connectivity index (χ0) is 22.3. The summed E-state index contributed by atoms with van der Waals surface area (Å²) in [5.74, 6) is -0.0780. The number of benzene rings is 2. The Bertz CT molecular complexity index is 1400. The van der Waals surface area contributed by atoms with Crippen molar-refractivity contribution in [3.8, 4) is 11.4 Å². The number of nitrogens with zero attached hydrogens (tertiary/aromatic N) is 4. The van der Waals surface area contributed by atoms with Crippen molar-refractivity contribution >= 4 is 10.8 Å². The predicted molar refractivity (Wildman–Crippen MR) is 117 cm³/mol. The normalized spacial score (nSPS) is 11.5. The van der Waals surface area contributed by atoms with Gasteiger partial charge in [-0.2, -0.15) is 4.68 Å². The zero-order valence-electron chi connectivity index (χ0n) is 17.5. The highest BCUT2D eigenvalue weighted by Crippen LogP contribution is 2.26. The third-order valence-electron chi connectivity index (χ3n) is 5.38. The number of hydrogen-bond donors (Lipinski definition) is 1. The summed E-state index contributed by atoms with van der Waals surface area (Å²) in [6, 6.07) is 11.0. The van der Waals surface area contributed by atoms with Crippen molar-refractivity contribution in [2.75, 3.05) is 0 Å². The van der Waals surface area contributed by atoms with E-state index in [-0.39, 0.29) is 29.6 Å². The van der Waals surface area contributed by atoms with Crippen LogP contribution >= 0.6 is 0 Å². The Balaban J connectivity index is 1.99. The molecule has 160 valence electrons. The van der Waals surface area contributed by atoms with Gasteiger partial charge >= 0.3 is 5.69 Å². The van der Waals surface area contributed by atoms with Crippen LogP contribution in [0.2, 0.25) is 0 Å². The molecule has 31 heavy (non-hydrogen) atoms. The fraction of sp³-hybridized carbons (Fsp3) is 0.261. The second-order valence-corrected chi connectivity index (χ2v) is 7.64. The molecule has 0 saturated heterocycles. The van der Waals surface area contributed by atoms with Gasteiger partial charge in [-0.25, -0.2) is 9.18 Å². The summed E-state index contributed by atoms with van der Waals surface area (Å²) in [7, 11) is 0. The molecule has 0 spiro atoms. The van der Waals surface area contributed by atoms with Crippen LogP contribution in [-0.4, -0.2) is 24.0 Å². The first-order chi connectivity index (χ1) is 14.8. The number of hydrogen-bond acceptors (Lipinski definition) is 4. The van der Waals surface area contributed by atoms with Crippen molar-refractivity contribution in [2.45, 2.75) is 39.8 Å². The lowest BCUT2D eigenvalue weighted by Crippen LogP contribution is -2.24. The van der Waals surface area contributed by atoms with E-state index in [1.807, 2.05) is 13.8 Å². The SMILES string of the molecule is CCn1c(CO)nn(-c2ccc3c(=O)n(-c4cccc(F)c4)cc(C(C)C)c3c2)c1=O. The standard InChI is InChI=1S/C23H23FN4O3/c1-4-26-21(13-29)25-28(23(26)31)17-8-9-18-19(11-17)20(14(2)3)12-27(22(18)30)16-7-5-6-15(24)10-16/h5-12,14,29H,4,13H2,1-3H3. The monoisotopic (exact) mass is 422 g/mol. The number of halogens is 1. The van der Waals surface area contributed by atoms with Gasteiger partial charge in [0.15, 0.2) is 5.82 Å². The van der Waals surface area contributed by atoms with Crippen molar-refractivity contribution in [1.82, 2.24) is 18.9 Å². The van der Waals surface area contributed by atoms with Crippen LogP contribution in [0.15, 0.2) is 58.3 Å². The number of aromatic nitrogens is 4. The highest BCUT2D eigenvalue weighted by atomic mass is 19.1. The van der Waals surface area contributed by atoms with E-state index in [1.54, 1.807) is 43.5 Å². The van der Waals surface area contributed by atoms with Gasteiger partial charge < -0.3 is 5.11 Å². The number of fused-ring (bicyclic) bond motifs is 1. The van der Waals surface area contributed by atoms with E-state index in [2.05, 4.69) is 5.10 Å². The second kappa shape index (κ2) is 7.96. The van der Waals surface area contributed by atoms with Gasteiger partial charge in [-0.1, -0.05) is 19.9 Å². The molecule has 0 fully saturated rings. The smallest absolute Gasteiger partial charge is 0.350 e. The van der Waals surface area contributed by atoms with Crippen molar-refractivity contribution in [3.63, 3.8) is 0 Å². The Morgan fingerprint density at radius 3 is 2.45 bits per heavy atom. The van der Waals surface area contributed by atoms with Gasteiger partial charge in [0.1, 0.15) is 12.4 Å². The third-order valence-corrected chi connectivity index (χ3v) is 5.38. The van der Waals surface area contributed by atoms with Crippen LogP contribution in [0.3, 0.4) is 0 Å². The summed E-state index contributed by atoms with van der Waals surface area (Å²) >= 11 is 0. The zero-order valence-corrected chi connectivity index (χ0v) is 17.5. The lowest BCUT2D eigenvalue weighted by Gasteiger charge is -2.15. The molecule has 0 aliphatic rings. The molecule has 0 atom stereocenters. The molecule has 0 unspecified atom stereocenters. The Labute approximate surface area is 177 Å². The van der Waals surface area contributed by atoms with Crippen LogP contribution < -0.4 is 11.2 Å². The van der Waals surface area contributed by atoms with Crippen molar-refractivity contribution < 1.29 is 9.50 Å². The summed E-state index contributed by atoms with van der Waals surface area (Å²) in [5.41, 5.74) is 1.20. The highest BCUT2D eigenvalue weighted by molar-refractivity contribution is 5.87. The minimum atomic E-state index is -0.420. The number of aliphatic hydroxyl groups is 1. The molecule has 0 aliphatic carbocycles. The predicted octanol–water partition coefficient (Wildman–Crippen LogP) is 3.11. The van der Waals surface area contributed by atoms with Gasteiger partial charge in [-0.15, -0.1) is 5.10 Å². The molecular formula is C23H23FN4O3. The maximum atomic E-state index is 13.8. The molecule has 0 amide bonds. The van der Waals surface area contributed by atoms with Crippen LogP contribution in [0.5, 0.6) is 0 Å². The molecule has 4 rings (SSSR count). The van der Waals surface area contributed by atoms with E-state index in [0.29, 0.717) is 28.7 Å². The first-order valence-electron chi connectivity index (χ1n) is 10.1. The van der Waals surface area contributed by atoms with E-state index in [4.69, 9.17) is 0 Å². The molecule has 2 aromatic heterocycles. The van der Waals surface area contributed by atoms with Gasteiger partial charge in [-0.05, 0) is 60.2 Å². The molecular weight excluding hydrogens is 399 g/mol. The van der Waals surface area contributed by atoms with Crippen molar-refractivity contribution in [3.05, 3.63) is 86.7 Å². The van der Waals surface area contributed by atoms with Crippen LogP contribution in [-0.2, 0) is 13.2 Å². The summed E-state index contributed by atoms with van der Waals surface area (Å²) in [6.07, 6.45) is 1.72. The topological polar surface area (TPSA) is 82.0 Å². The Hall–Kier alpha value is -3.52. The van der Waals surface area contributed by atoms with Crippen LogP contribution in [0.4, 0.5) is 4.39 Å². The molecule has 2 aromatic carbocycles. The molecule has 0 aliphatic heterocycles. The largest absolute Gasteiger partial charge is 0.388 e. The molecule has 2 heterocycles. The Morgan fingerprint density at radius 2 is 1.84 bits per heavy atom.